The molecule has 4 aromatic rings. The fourth-order valence-electron chi connectivity index (χ4n) is 4.51. The Kier molecular flexibility index (Phi) is 6.76. The molecule has 7 heteroatoms. The van der Waals surface area contributed by atoms with E-state index in [-0.39, 0.29) is 6.04 Å². The van der Waals surface area contributed by atoms with E-state index in [0.29, 0.717) is 0 Å². The van der Waals surface area contributed by atoms with E-state index in [1.54, 1.807) is 0 Å². The van der Waals surface area contributed by atoms with Crippen LogP contribution in [0, 0.1) is 6.92 Å². The first-order valence-corrected chi connectivity index (χ1v) is 12.6. The van der Waals surface area contributed by atoms with Crippen LogP contribution in [0.5, 0.6) is 0 Å². The SMILES string of the molecule is CNCc1ccccc1-c1ccc(C(C)Nc2nnc(C)c3ccc(N4CCOCC4)cc23)s1. The molecule has 176 valence electrons. The van der Waals surface area contributed by atoms with Crippen molar-refractivity contribution in [2.75, 3.05) is 43.6 Å². The van der Waals surface area contributed by atoms with Crippen LogP contribution in [0.15, 0.2) is 54.6 Å². The lowest BCUT2D eigenvalue weighted by Crippen LogP contribution is -2.36. The van der Waals surface area contributed by atoms with Crippen molar-refractivity contribution >= 4 is 33.6 Å². The second-order valence-electron chi connectivity index (χ2n) is 8.72. The Morgan fingerprint density at radius 1 is 1.03 bits per heavy atom. The van der Waals surface area contributed by atoms with Gasteiger partial charge in [0.1, 0.15) is 0 Å². The van der Waals surface area contributed by atoms with Gasteiger partial charge in [-0.2, -0.15) is 5.10 Å². The van der Waals surface area contributed by atoms with Crippen LogP contribution < -0.4 is 15.5 Å². The fourth-order valence-corrected chi connectivity index (χ4v) is 5.58. The monoisotopic (exact) mass is 473 g/mol. The molecule has 0 radical (unpaired) electrons. The molecule has 2 aromatic heterocycles. The van der Waals surface area contributed by atoms with Gasteiger partial charge in [0.25, 0.3) is 0 Å². The quantitative estimate of drug-likeness (QED) is 0.375. The Morgan fingerprint density at radius 2 is 1.85 bits per heavy atom. The molecular formula is C27H31N5OS. The first-order chi connectivity index (χ1) is 16.6. The van der Waals surface area contributed by atoms with Crippen molar-refractivity contribution in [3.05, 3.63) is 70.7 Å². The van der Waals surface area contributed by atoms with E-state index in [4.69, 9.17) is 4.74 Å². The number of anilines is 2. The average Bonchev–Trinajstić information content (AvgIpc) is 3.37. The van der Waals surface area contributed by atoms with Gasteiger partial charge in [-0.3, -0.25) is 0 Å². The summed E-state index contributed by atoms with van der Waals surface area (Å²) in [5.41, 5.74) is 4.75. The number of hydrogen-bond acceptors (Lipinski definition) is 7. The predicted molar refractivity (Wildman–Crippen MR) is 142 cm³/mol. The van der Waals surface area contributed by atoms with Gasteiger partial charge in [0.2, 0.25) is 0 Å². The molecule has 1 fully saturated rings. The van der Waals surface area contributed by atoms with E-state index in [0.717, 1.165) is 55.1 Å². The summed E-state index contributed by atoms with van der Waals surface area (Å²) in [5.74, 6) is 0.828. The van der Waals surface area contributed by atoms with Gasteiger partial charge in [-0.15, -0.1) is 16.4 Å². The molecule has 1 aliphatic heterocycles. The van der Waals surface area contributed by atoms with Crippen LogP contribution in [0.25, 0.3) is 21.2 Å². The highest BCUT2D eigenvalue weighted by Gasteiger charge is 2.17. The van der Waals surface area contributed by atoms with Gasteiger partial charge in [-0.25, -0.2) is 0 Å². The number of aryl methyl sites for hydroxylation is 1. The molecule has 1 saturated heterocycles. The average molecular weight is 474 g/mol. The van der Waals surface area contributed by atoms with Crippen molar-refractivity contribution in [1.82, 2.24) is 15.5 Å². The van der Waals surface area contributed by atoms with Crippen LogP contribution in [0.2, 0.25) is 0 Å². The number of nitrogens with zero attached hydrogens (tertiary/aromatic N) is 3. The Bertz CT molecular complexity index is 1280. The topological polar surface area (TPSA) is 62.3 Å². The number of benzene rings is 2. The maximum atomic E-state index is 5.53. The van der Waals surface area contributed by atoms with Crippen LogP contribution in [-0.2, 0) is 11.3 Å². The number of hydrogen-bond donors (Lipinski definition) is 2. The molecule has 2 aromatic carbocycles. The van der Waals surface area contributed by atoms with E-state index in [9.17, 15) is 0 Å². The molecule has 0 amide bonds. The van der Waals surface area contributed by atoms with Gasteiger partial charge in [-0.05, 0) is 56.3 Å². The van der Waals surface area contributed by atoms with Crippen LogP contribution in [0.4, 0.5) is 11.5 Å². The summed E-state index contributed by atoms with van der Waals surface area (Å²) in [6.45, 7) is 8.43. The first-order valence-electron chi connectivity index (χ1n) is 11.8. The maximum Gasteiger partial charge on any atom is 0.157 e. The van der Waals surface area contributed by atoms with Crippen molar-refractivity contribution in [2.24, 2.45) is 0 Å². The Hall–Kier alpha value is -3.00. The van der Waals surface area contributed by atoms with Crippen LogP contribution in [0.3, 0.4) is 0 Å². The summed E-state index contributed by atoms with van der Waals surface area (Å²) < 4.78 is 5.53. The van der Waals surface area contributed by atoms with Gasteiger partial charge in [0, 0.05) is 45.8 Å². The molecule has 1 aliphatic rings. The Balaban J connectivity index is 1.43. The number of fused-ring (bicyclic) bond motifs is 1. The zero-order chi connectivity index (χ0) is 23.5. The lowest BCUT2D eigenvalue weighted by Gasteiger charge is -2.29. The lowest BCUT2D eigenvalue weighted by molar-refractivity contribution is 0.122. The highest BCUT2D eigenvalue weighted by Crippen LogP contribution is 2.36. The molecule has 34 heavy (non-hydrogen) atoms. The third kappa shape index (κ3) is 4.64. The largest absolute Gasteiger partial charge is 0.378 e. The van der Waals surface area contributed by atoms with Crippen molar-refractivity contribution < 1.29 is 4.74 Å². The van der Waals surface area contributed by atoms with Crippen molar-refractivity contribution in [3.8, 4) is 10.4 Å². The first kappa shape index (κ1) is 22.8. The molecule has 6 nitrogen and oxygen atoms in total. The summed E-state index contributed by atoms with van der Waals surface area (Å²) in [5, 5.41) is 18.1. The van der Waals surface area contributed by atoms with Crippen LogP contribution in [-0.4, -0.2) is 43.5 Å². The van der Waals surface area contributed by atoms with E-state index in [1.165, 1.54) is 26.6 Å². The predicted octanol–water partition coefficient (Wildman–Crippen LogP) is 5.40. The zero-order valence-corrected chi connectivity index (χ0v) is 20.8. The van der Waals surface area contributed by atoms with Crippen molar-refractivity contribution in [1.29, 1.82) is 0 Å². The van der Waals surface area contributed by atoms with Crippen molar-refractivity contribution in [3.63, 3.8) is 0 Å². The lowest BCUT2D eigenvalue weighted by atomic mass is 10.1. The molecule has 0 bridgehead atoms. The summed E-state index contributed by atoms with van der Waals surface area (Å²) in [4.78, 5) is 4.93. The van der Waals surface area contributed by atoms with E-state index >= 15 is 0 Å². The standard InChI is InChI=1S/C27H31N5OS/c1-18-22-9-8-21(32-12-14-33-15-13-32)16-24(22)27(31-30-18)29-19(2)25-10-11-26(34-25)23-7-5-4-6-20(23)17-28-3/h4-11,16,19,28H,12-15,17H2,1-3H3,(H,29,31). The third-order valence-electron chi connectivity index (χ3n) is 6.38. The highest BCUT2D eigenvalue weighted by molar-refractivity contribution is 7.15. The zero-order valence-electron chi connectivity index (χ0n) is 20.0. The number of nitrogens with one attached hydrogen (secondary N) is 2. The van der Waals surface area contributed by atoms with Gasteiger partial charge in [0.15, 0.2) is 5.82 Å². The van der Waals surface area contributed by atoms with E-state index in [2.05, 4.69) is 87.3 Å². The third-order valence-corrected chi connectivity index (χ3v) is 7.68. The minimum absolute atomic E-state index is 0.113. The Labute approximate surface area is 205 Å². The molecule has 0 aliphatic carbocycles. The van der Waals surface area contributed by atoms with Gasteiger partial charge < -0.3 is 20.3 Å². The molecular weight excluding hydrogens is 442 g/mol. The van der Waals surface area contributed by atoms with Gasteiger partial charge >= 0.3 is 0 Å². The summed E-state index contributed by atoms with van der Waals surface area (Å²) in [7, 11) is 1.99. The fraction of sp³-hybridized carbons (Fsp3) is 0.333. The maximum absolute atomic E-state index is 5.53. The van der Waals surface area contributed by atoms with Gasteiger partial charge in [0.05, 0.1) is 24.9 Å². The molecule has 0 spiro atoms. The Morgan fingerprint density at radius 3 is 2.68 bits per heavy atom. The number of ether oxygens (including phenoxy) is 1. The number of thiophene rings is 1. The molecule has 2 N–H and O–H groups in total. The van der Waals surface area contributed by atoms with E-state index < -0.39 is 0 Å². The number of morpholine rings is 1. The molecule has 0 saturated carbocycles. The second kappa shape index (κ2) is 10.1. The van der Waals surface area contributed by atoms with Crippen molar-refractivity contribution in [2.45, 2.75) is 26.4 Å². The summed E-state index contributed by atoms with van der Waals surface area (Å²) in [6, 6.07) is 19.7. The van der Waals surface area contributed by atoms with E-state index in [1.807, 2.05) is 25.3 Å². The minimum Gasteiger partial charge on any atom is -0.378 e. The summed E-state index contributed by atoms with van der Waals surface area (Å²) >= 11 is 1.83. The molecule has 5 rings (SSSR count). The number of aromatic nitrogens is 2. The molecule has 3 heterocycles. The van der Waals surface area contributed by atoms with Crippen LogP contribution >= 0.6 is 11.3 Å². The molecule has 1 unspecified atom stereocenters. The minimum atomic E-state index is 0.113. The van der Waals surface area contributed by atoms with Gasteiger partial charge in [-0.1, -0.05) is 30.3 Å². The van der Waals surface area contributed by atoms with Crippen LogP contribution in [0.1, 0.15) is 29.1 Å². The molecule has 1 atom stereocenters. The summed E-state index contributed by atoms with van der Waals surface area (Å²) in [6.07, 6.45) is 0. The normalized spacial score (nSPS) is 15.0. The number of rotatable bonds is 7. The smallest absolute Gasteiger partial charge is 0.157 e. The highest BCUT2D eigenvalue weighted by atomic mass is 32.1. The second-order valence-corrected chi connectivity index (χ2v) is 9.83.